The molecule has 4 rings (SSSR count). The minimum Gasteiger partial charge on any atom is -0.509 e. The quantitative estimate of drug-likeness (QED) is 0.728. The van der Waals surface area contributed by atoms with Crippen molar-refractivity contribution in [1.82, 2.24) is 15.1 Å². The first-order valence-electron chi connectivity index (χ1n) is 11.1. The topological polar surface area (TPSA) is 72.9 Å². The molecule has 2 amide bonds. The summed E-state index contributed by atoms with van der Waals surface area (Å²) in [4.78, 5) is 30.3. The molecule has 0 aliphatic carbocycles. The Balaban J connectivity index is 1.72. The van der Waals surface area contributed by atoms with E-state index in [1.165, 1.54) is 12.1 Å². The normalized spacial score (nSPS) is 25.3. The number of carbonyl (C=O) groups is 2. The van der Waals surface area contributed by atoms with Crippen LogP contribution in [0.5, 0.6) is 0 Å². The third-order valence-corrected chi connectivity index (χ3v) is 6.84. The number of piperazine rings is 1. The van der Waals surface area contributed by atoms with E-state index in [0.29, 0.717) is 37.2 Å². The van der Waals surface area contributed by atoms with Crippen LogP contribution in [0.4, 0.5) is 4.39 Å². The summed E-state index contributed by atoms with van der Waals surface area (Å²) >= 11 is 0. The molecule has 3 heterocycles. The van der Waals surface area contributed by atoms with Gasteiger partial charge in [0.25, 0.3) is 5.91 Å². The van der Waals surface area contributed by atoms with Gasteiger partial charge in [-0.05, 0) is 50.8 Å². The van der Waals surface area contributed by atoms with Gasteiger partial charge < -0.3 is 20.2 Å². The minimum absolute atomic E-state index is 0.0000761. The highest BCUT2D eigenvalue weighted by Gasteiger charge is 2.53. The van der Waals surface area contributed by atoms with Crippen molar-refractivity contribution >= 4 is 11.8 Å². The Labute approximate surface area is 182 Å². The third-order valence-electron chi connectivity index (χ3n) is 6.84. The zero-order chi connectivity index (χ0) is 22.3. The number of nitrogens with zero attached hydrogens (tertiary/aromatic N) is 2. The van der Waals surface area contributed by atoms with E-state index in [4.69, 9.17) is 0 Å². The number of nitrogens with one attached hydrogen (secondary N) is 1. The van der Waals surface area contributed by atoms with Crippen LogP contribution in [0.25, 0.3) is 0 Å². The van der Waals surface area contributed by atoms with Crippen LogP contribution in [0.1, 0.15) is 52.0 Å². The molecule has 3 aliphatic heterocycles. The molecule has 2 fully saturated rings. The molecular formula is C24H30FN3O3. The summed E-state index contributed by atoms with van der Waals surface area (Å²) in [5.74, 6) is -0.728. The number of halogens is 1. The summed E-state index contributed by atoms with van der Waals surface area (Å²) in [5, 5.41) is 14.3. The van der Waals surface area contributed by atoms with E-state index in [0.717, 1.165) is 24.1 Å². The van der Waals surface area contributed by atoms with Crippen LogP contribution in [-0.2, 0) is 16.1 Å². The molecule has 2 saturated heterocycles. The molecule has 0 radical (unpaired) electrons. The van der Waals surface area contributed by atoms with Gasteiger partial charge in [0.15, 0.2) is 0 Å². The molecule has 3 aliphatic rings. The molecular weight excluding hydrogens is 397 g/mol. The van der Waals surface area contributed by atoms with E-state index in [2.05, 4.69) is 5.32 Å². The number of aliphatic hydroxyl groups excluding tert-OH is 1. The van der Waals surface area contributed by atoms with Crippen molar-refractivity contribution in [2.45, 2.75) is 59.0 Å². The summed E-state index contributed by atoms with van der Waals surface area (Å²) in [5.41, 5.74) is 1.62. The first kappa shape index (κ1) is 21.4. The Morgan fingerprint density at radius 2 is 2.00 bits per heavy atom. The molecule has 0 aromatic heterocycles. The number of amides is 2. The van der Waals surface area contributed by atoms with Crippen LogP contribution < -0.4 is 5.32 Å². The van der Waals surface area contributed by atoms with Gasteiger partial charge in [0.2, 0.25) is 5.91 Å². The molecule has 31 heavy (non-hydrogen) atoms. The van der Waals surface area contributed by atoms with Crippen molar-refractivity contribution < 1.29 is 19.1 Å². The fourth-order valence-electron chi connectivity index (χ4n) is 5.28. The van der Waals surface area contributed by atoms with Gasteiger partial charge in [-0.1, -0.05) is 25.5 Å². The Kier molecular flexibility index (Phi) is 5.54. The molecule has 166 valence electrons. The highest BCUT2D eigenvalue weighted by atomic mass is 19.1. The number of hydrogen-bond acceptors (Lipinski definition) is 4. The predicted molar refractivity (Wildman–Crippen MR) is 115 cm³/mol. The number of allylic oxidation sites excluding steroid dienone is 2. The van der Waals surface area contributed by atoms with Crippen LogP contribution in [-0.4, -0.2) is 45.9 Å². The first-order valence-corrected chi connectivity index (χ1v) is 11.1. The Bertz CT molecular complexity index is 969. The van der Waals surface area contributed by atoms with E-state index < -0.39 is 5.41 Å². The van der Waals surface area contributed by atoms with Gasteiger partial charge in [-0.25, -0.2) is 4.39 Å². The molecule has 2 N–H and O–H groups in total. The number of rotatable bonds is 6. The maximum Gasteiger partial charge on any atom is 0.274 e. The summed E-state index contributed by atoms with van der Waals surface area (Å²) in [6.45, 7) is 7.27. The smallest absolute Gasteiger partial charge is 0.274 e. The molecule has 2 atom stereocenters. The minimum atomic E-state index is -0.926. The van der Waals surface area contributed by atoms with E-state index in [-0.39, 0.29) is 36.0 Å². The summed E-state index contributed by atoms with van der Waals surface area (Å²) < 4.78 is 13.2. The number of aliphatic hydroxyl groups is 1. The first-order chi connectivity index (χ1) is 14.8. The van der Waals surface area contributed by atoms with Crippen molar-refractivity contribution in [2.75, 3.05) is 13.1 Å². The summed E-state index contributed by atoms with van der Waals surface area (Å²) in [6.07, 6.45) is 2.85. The second-order valence-electron chi connectivity index (χ2n) is 8.82. The maximum absolute atomic E-state index is 13.4. The Hall–Kier alpha value is -2.83. The van der Waals surface area contributed by atoms with Gasteiger partial charge in [0.1, 0.15) is 17.3 Å². The molecule has 0 saturated carbocycles. The molecule has 0 spiro atoms. The lowest BCUT2D eigenvalue weighted by Gasteiger charge is -2.47. The highest BCUT2D eigenvalue weighted by molar-refractivity contribution is 6.00. The molecule has 1 aromatic carbocycles. The second-order valence-corrected chi connectivity index (χ2v) is 8.82. The van der Waals surface area contributed by atoms with Crippen molar-refractivity contribution in [2.24, 2.45) is 5.41 Å². The van der Waals surface area contributed by atoms with Crippen LogP contribution in [0.3, 0.4) is 0 Å². The predicted octanol–water partition coefficient (Wildman–Crippen LogP) is 3.61. The standard InChI is InChI=1S/C24H30FN3O3/c1-4-12-24(3)19(22(30)26-13-15-6-8-16(25)9-7-15)18-11-10-17-14-27(5-2)23(31)20(21(24)29)28(17)18/h6-9,17,29H,4-5,10-14H2,1-3H3,(H,26,30). The van der Waals surface area contributed by atoms with Gasteiger partial charge in [-0.2, -0.15) is 0 Å². The lowest BCUT2D eigenvalue weighted by molar-refractivity contribution is -0.133. The number of benzene rings is 1. The van der Waals surface area contributed by atoms with Crippen LogP contribution in [0.15, 0.2) is 47.0 Å². The molecule has 1 aromatic rings. The van der Waals surface area contributed by atoms with Gasteiger partial charge in [-0.15, -0.1) is 0 Å². The van der Waals surface area contributed by atoms with E-state index in [1.807, 2.05) is 25.7 Å². The zero-order valence-electron chi connectivity index (χ0n) is 18.4. The van der Waals surface area contributed by atoms with Crippen LogP contribution in [0.2, 0.25) is 0 Å². The fraction of sp³-hybridized carbons (Fsp3) is 0.500. The number of likely N-dealkylation sites (N-methyl/N-ethyl adjacent to an activating group) is 1. The zero-order valence-corrected chi connectivity index (χ0v) is 18.4. The highest BCUT2D eigenvalue weighted by Crippen LogP contribution is 2.52. The van der Waals surface area contributed by atoms with Crippen molar-refractivity contribution in [3.63, 3.8) is 0 Å². The summed E-state index contributed by atoms with van der Waals surface area (Å²) in [6, 6.07) is 6.10. The lowest BCUT2D eigenvalue weighted by atomic mass is 9.72. The maximum atomic E-state index is 13.4. The average Bonchev–Trinajstić information content (AvgIpc) is 3.15. The van der Waals surface area contributed by atoms with Crippen molar-refractivity contribution in [3.8, 4) is 0 Å². The molecule has 0 bridgehead atoms. The Morgan fingerprint density at radius 3 is 2.65 bits per heavy atom. The van der Waals surface area contributed by atoms with Gasteiger partial charge in [-0.3, -0.25) is 9.59 Å². The fourth-order valence-corrected chi connectivity index (χ4v) is 5.28. The van der Waals surface area contributed by atoms with E-state index in [9.17, 15) is 19.1 Å². The molecule has 6 nitrogen and oxygen atoms in total. The monoisotopic (exact) mass is 427 g/mol. The van der Waals surface area contributed by atoms with Crippen molar-refractivity contribution in [1.29, 1.82) is 0 Å². The molecule has 7 heteroatoms. The third kappa shape index (κ3) is 3.40. The van der Waals surface area contributed by atoms with Crippen LogP contribution >= 0.6 is 0 Å². The van der Waals surface area contributed by atoms with Gasteiger partial charge in [0, 0.05) is 30.9 Å². The number of hydrogen-bond donors (Lipinski definition) is 2. The van der Waals surface area contributed by atoms with Crippen molar-refractivity contribution in [3.05, 3.63) is 58.4 Å². The van der Waals surface area contributed by atoms with E-state index >= 15 is 0 Å². The average molecular weight is 428 g/mol. The van der Waals surface area contributed by atoms with Gasteiger partial charge in [0.05, 0.1) is 11.5 Å². The van der Waals surface area contributed by atoms with Crippen LogP contribution in [0, 0.1) is 11.2 Å². The Morgan fingerprint density at radius 1 is 1.29 bits per heavy atom. The molecule has 2 unspecified atom stereocenters. The SMILES string of the molecule is CCCC1(C)C(O)=C2C(=O)N(CC)CC3CCC(=C1C(=O)NCc1ccc(F)cc1)N23. The lowest BCUT2D eigenvalue weighted by Crippen LogP contribution is -2.55. The second kappa shape index (κ2) is 8.02. The van der Waals surface area contributed by atoms with Gasteiger partial charge >= 0.3 is 0 Å². The summed E-state index contributed by atoms with van der Waals surface area (Å²) in [7, 11) is 0. The largest absolute Gasteiger partial charge is 0.509 e. The number of carbonyl (C=O) groups excluding carboxylic acids is 2. The van der Waals surface area contributed by atoms with E-state index in [1.54, 1.807) is 17.0 Å².